The summed E-state index contributed by atoms with van der Waals surface area (Å²) in [5, 5.41) is 14.3. The number of hydrogen-bond acceptors (Lipinski definition) is 4. The summed E-state index contributed by atoms with van der Waals surface area (Å²) < 4.78 is 10.5. The molecule has 1 atom stereocenters. The highest BCUT2D eigenvalue weighted by Gasteiger charge is 2.10. The van der Waals surface area contributed by atoms with Crippen molar-refractivity contribution in [3.05, 3.63) is 23.8 Å². The van der Waals surface area contributed by atoms with Crippen LogP contribution in [0.25, 0.3) is 0 Å². The lowest BCUT2D eigenvalue weighted by Gasteiger charge is -2.14. The molecule has 6 heteroatoms. The van der Waals surface area contributed by atoms with Crippen molar-refractivity contribution in [3.8, 4) is 11.5 Å². The predicted octanol–water partition coefficient (Wildman–Crippen LogP) is 1.13. The second-order valence-electron chi connectivity index (χ2n) is 4.50. The molecule has 0 aromatic heterocycles. The van der Waals surface area contributed by atoms with E-state index in [2.05, 4.69) is 10.6 Å². The predicted molar refractivity (Wildman–Crippen MR) is 76.0 cm³/mol. The van der Waals surface area contributed by atoms with E-state index in [0.717, 1.165) is 5.56 Å². The van der Waals surface area contributed by atoms with Gasteiger partial charge >= 0.3 is 6.03 Å². The molecule has 0 aliphatic carbocycles. The standard InChI is InChI=1S/C14H22N2O4/c1-10(9-17)7-15-14(18)16-8-11-5-4-6-12(19-2)13(11)20-3/h4-6,10,17H,7-9H2,1-3H3,(H2,15,16,18). The largest absolute Gasteiger partial charge is 0.493 e. The van der Waals surface area contributed by atoms with E-state index in [1.807, 2.05) is 19.1 Å². The van der Waals surface area contributed by atoms with Crippen molar-refractivity contribution in [2.75, 3.05) is 27.4 Å². The molecule has 3 N–H and O–H groups in total. The van der Waals surface area contributed by atoms with E-state index < -0.39 is 0 Å². The molecule has 1 aromatic rings. The first-order chi connectivity index (χ1) is 9.62. The molecule has 2 amide bonds. The lowest BCUT2D eigenvalue weighted by molar-refractivity contribution is 0.221. The van der Waals surface area contributed by atoms with Gasteiger partial charge in [0.25, 0.3) is 0 Å². The molecule has 20 heavy (non-hydrogen) atoms. The highest BCUT2D eigenvalue weighted by Crippen LogP contribution is 2.30. The summed E-state index contributed by atoms with van der Waals surface area (Å²) in [4.78, 5) is 11.6. The Morgan fingerprint density at radius 2 is 2.05 bits per heavy atom. The summed E-state index contributed by atoms with van der Waals surface area (Å²) in [6, 6.07) is 5.21. The highest BCUT2D eigenvalue weighted by atomic mass is 16.5. The monoisotopic (exact) mass is 282 g/mol. The van der Waals surface area contributed by atoms with Gasteiger partial charge in [0.2, 0.25) is 0 Å². The first-order valence-corrected chi connectivity index (χ1v) is 6.44. The third kappa shape index (κ3) is 4.62. The van der Waals surface area contributed by atoms with Crippen molar-refractivity contribution in [1.29, 1.82) is 0 Å². The molecule has 0 aliphatic rings. The number of carbonyl (C=O) groups excluding carboxylic acids is 1. The number of benzene rings is 1. The molecule has 1 rings (SSSR count). The van der Waals surface area contributed by atoms with Gasteiger partial charge in [-0.05, 0) is 12.0 Å². The number of aliphatic hydroxyl groups is 1. The van der Waals surface area contributed by atoms with Gasteiger partial charge in [0.15, 0.2) is 11.5 Å². The molecule has 0 fully saturated rings. The first-order valence-electron chi connectivity index (χ1n) is 6.44. The van der Waals surface area contributed by atoms with Crippen LogP contribution in [0.15, 0.2) is 18.2 Å². The average molecular weight is 282 g/mol. The van der Waals surface area contributed by atoms with Crippen molar-refractivity contribution >= 4 is 6.03 Å². The van der Waals surface area contributed by atoms with Crippen molar-refractivity contribution in [3.63, 3.8) is 0 Å². The topological polar surface area (TPSA) is 79.8 Å². The van der Waals surface area contributed by atoms with Gasteiger partial charge in [-0.25, -0.2) is 4.79 Å². The molecule has 1 aromatic carbocycles. The van der Waals surface area contributed by atoms with Gasteiger partial charge < -0.3 is 25.2 Å². The van der Waals surface area contributed by atoms with E-state index in [4.69, 9.17) is 14.6 Å². The normalized spacial score (nSPS) is 11.6. The number of ether oxygens (including phenoxy) is 2. The van der Waals surface area contributed by atoms with Gasteiger partial charge in [-0.3, -0.25) is 0 Å². The summed E-state index contributed by atoms with van der Waals surface area (Å²) in [6.45, 7) is 2.66. The smallest absolute Gasteiger partial charge is 0.315 e. The Labute approximate surface area is 119 Å². The lowest BCUT2D eigenvalue weighted by Crippen LogP contribution is -2.38. The van der Waals surface area contributed by atoms with Crippen LogP contribution in [-0.4, -0.2) is 38.5 Å². The fourth-order valence-electron chi connectivity index (χ4n) is 1.66. The van der Waals surface area contributed by atoms with E-state index in [1.165, 1.54) is 0 Å². The Bertz CT molecular complexity index is 437. The Balaban J connectivity index is 2.55. The van der Waals surface area contributed by atoms with E-state index in [9.17, 15) is 4.79 Å². The Morgan fingerprint density at radius 1 is 1.30 bits per heavy atom. The fraction of sp³-hybridized carbons (Fsp3) is 0.500. The van der Waals surface area contributed by atoms with E-state index in [-0.39, 0.29) is 18.6 Å². The van der Waals surface area contributed by atoms with Crippen molar-refractivity contribution < 1.29 is 19.4 Å². The van der Waals surface area contributed by atoms with Crippen LogP contribution in [0, 0.1) is 5.92 Å². The quantitative estimate of drug-likeness (QED) is 0.700. The summed E-state index contributed by atoms with van der Waals surface area (Å²) in [5.74, 6) is 1.27. The van der Waals surface area contributed by atoms with Gasteiger partial charge in [-0.2, -0.15) is 0 Å². The van der Waals surface area contributed by atoms with Crippen LogP contribution in [0.3, 0.4) is 0 Å². The molecule has 1 unspecified atom stereocenters. The summed E-state index contributed by atoms with van der Waals surface area (Å²) >= 11 is 0. The number of aliphatic hydroxyl groups excluding tert-OH is 1. The molecule has 6 nitrogen and oxygen atoms in total. The molecular weight excluding hydrogens is 260 g/mol. The minimum Gasteiger partial charge on any atom is -0.493 e. The van der Waals surface area contributed by atoms with E-state index in [1.54, 1.807) is 20.3 Å². The van der Waals surface area contributed by atoms with E-state index >= 15 is 0 Å². The second kappa shape index (κ2) is 8.27. The molecule has 0 radical (unpaired) electrons. The number of methoxy groups -OCH3 is 2. The Morgan fingerprint density at radius 3 is 2.65 bits per heavy atom. The molecular formula is C14H22N2O4. The maximum atomic E-state index is 11.6. The third-order valence-corrected chi connectivity index (χ3v) is 2.85. The van der Waals surface area contributed by atoms with Gasteiger partial charge in [0.05, 0.1) is 14.2 Å². The molecule has 0 saturated carbocycles. The fourth-order valence-corrected chi connectivity index (χ4v) is 1.66. The van der Waals surface area contributed by atoms with Crippen LogP contribution in [0.2, 0.25) is 0 Å². The number of para-hydroxylation sites is 1. The van der Waals surface area contributed by atoms with E-state index in [0.29, 0.717) is 24.6 Å². The zero-order valence-electron chi connectivity index (χ0n) is 12.1. The van der Waals surface area contributed by atoms with Crippen LogP contribution in [0.4, 0.5) is 4.79 Å². The number of carbonyl (C=O) groups is 1. The van der Waals surface area contributed by atoms with Gasteiger partial charge in [-0.15, -0.1) is 0 Å². The SMILES string of the molecule is COc1cccc(CNC(=O)NCC(C)CO)c1OC. The second-order valence-corrected chi connectivity index (χ2v) is 4.50. The molecule has 112 valence electrons. The minimum absolute atomic E-state index is 0.0344. The zero-order valence-corrected chi connectivity index (χ0v) is 12.1. The summed E-state index contributed by atoms with van der Waals surface area (Å²) in [5.41, 5.74) is 0.831. The third-order valence-electron chi connectivity index (χ3n) is 2.85. The highest BCUT2D eigenvalue weighted by molar-refractivity contribution is 5.74. The molecule has 0 spiro atoms. The number of urea groups is 1. The van der Waals surface area contributed by atoms with Crippen LogP contribution >= 0.6 is 0 Å². The lowest BCUT2D eigenvalue weighted by atomic mass is 10.2. The van der Waals surface area contributed by atoms with Crippen molar-refractivity contribution in [1.82, 2.24) is 10.6 Å². The average Bonchev–Trinajstić information content (AvgIpc) is 2.49. The van der Waals surface area contributed by atoms with Crippen molar-refractivity contribution in [2.24, 2.45) is 5.92 Å². The summed E-state index contributed by atoms with van der Waals surface area (Å²) in [7, 11) is 3.13. The number of rotatable bonds is 7. The van der Waals surface area contributed by atoms with Crippen LogP contribution in [0.1, 0.15) is 12.5 Å². The first kappa shape index (κ1) is 16.1. The Kier molecular flexibility index (Phi) is 6.66. The Hall–Kier alpha value is -1.95. The van der Waals surface area contributed by atoms with Crippen LogP contribution in [0.5, 0.6) is 11.5 Å². The maximum absolute atomic E-state index is 11.6. The summed E-state index contributed by atoms with van der Waals surface area (Å²) in [6.07, 6.45) is 0. The molecule has 0 heterocycles. The van der Waals surface area contributed by atoms with Gasteiger partial charge in [-0.1, -0.05) is 19.1 Å². The number of nitrogens with one attached hydrogen (secondary N) is 2. The number of hydrogen-bond donors (Lipinski definition) is 3. The molecule has 0 bridgehead atoms. The van der Waals surface area contributed by atoms with Gasteiger partial charge in [0.1, 0.15) is 0 Å². The minimum atomic E-state index is -0.282. The van der Waals surface area contributed by atoms with Crippen molar-refractivity contribution in [2.45, 2.75) is 13.5 Å². The zero-order chi connectivity index (χ0) is 15.0. The maximum Gasteiger partial charge on any atom is 0.315 e. The molecule has 0 aliphatic heterocycles. The van der Waals surface area contributed by atoms with Gasteiger partial charge in [0, 0.05) is 25.3 Å². The van der Waals surface area contributed by atoms with Crippen LogP contribution < -0.4 is 20.1 Å². The molecule has 0 saturated heterocycles. The number of amides is 2. The van der Waals surface area contributed by atoms with Crippen LogP contribution in [-0.2, 0) is 6.54 Å².